The van der Waals surface area contributed by atoms with Crippen molar-refractivity contribution in [2.24, 2.45) is 0 Å². The molecule has 0 unspecified atom stereocenters. The number of benzene rings is 2. The predicted molar refractivity (Wildman–Crippen MR) is 109 cm³/mol. The lowest BCUT2D eigenvalue weighted by Gasteiger charge is -2.32. The number of rotatable bonds is 6. The summed E-state index contributed by atoms with van der Waals surface area (Å²) in [4.78, 5) is 38.5. The molecule has 0 aromatic heterocycles. The molecule has 1 saturated heterocycles. The quantitative estimate of drug-likeness (QED) is 0.781. The van der Waals surface area contributed by atoms with Crippen LogP contribution in [0.4, 0.5) is 0 Å². The van der Waals surface area contributed by atoms with Crippen molar-refractivity contribution in [2.45, 2.75) is 18.9 Å². The van der Waals surface area contributed by atoms with Gasteiger partial charge in [0.15, 0.2) is 0 Å². The van der Waals surface area contributed by atoms with Gasteiger partial charge >= 0.3 is 0 Å². The normalized spacial score (nSPS) is 14.2. The summed E-state index contributed by atoms with van der Waals surface area (Å²) in [6.07, 6.45) is 1.35. The Morgan fingerprint density at radius 2 is 1.66 bits per heavy atom. The fraction of sp³-hybridized carbons (Fsp3) is 0.318. The summed E-state index contributed by atoms with van der Waals surface area (Å²) in [7, 11) is 1.56. The Labute approximate surface area is 170 Å². The first-order valence-electron chi connectivity index (χ1n) is 9.63. The highest BCUT2D eigenvalue weighted by atomic mass is 16.5. The number of methoxy groups -OCH3 is 1. The van der Waals surface area contributed by atoms with Gasteiger partial charge in [-0.2, -0.15) is 0 Å². The average Bonchev–Trinajstić information content (AvgIpc) is 2.78. The Morgan fingerprint density at radius 3 is 2.34 bits per heavy atom. The number of likely N-dealkylation sites (tertiary alicyclic amines) is 1. The van der Waals surface area contributed by atoms with Crippen molar-refractivity contribution in [1.82, 2.24) is 15.5 Å². The summed E-state index contributed by atoms with van der Waals surface area (Å²) < 4.78 is 5.15. The van der Waals surface area contributed by atoms with E-state index in [-0.39, 0.29) is 30.3 Å². The number of hydrogen-bond acceptors (Lipinski definition) is 4. The molecule has 152 valence electrons. The second kappa shape index (κ2) is 9.73. The molecule has 2 N–H and O–H groups in total. The molecule has 2 aromatic rings. The van der Waals surface area contributed by atoms with Crippen molar-refractivity contribution in [3.05, 3.63) is 65.7 Å². The van der Waals surface area contributed by atoms with E-state index in [0.29, 0.717) is 42.8 Å². The number of nitrogens with one attached hydrogen (secondary N) is 2. The lowest BCUT2D eigenvalue weighted by atomic mass is 10.0. The first-order valence-corrected chi connectivity index (χ1v) is 9.63. The van der Waals surface area contributed by atoms with E-state index in [1.165, 1.54) is 0 Å². The summed E-state index contributed by atoms with van der Waals surface area (Å²) in [5, 5.41) is 5.68. The van der Waals surface area contributed by atoms with Crippen LogP contribution >= 0.6 is 0 Å². The number of carbonyl (C=O) groups is 3. The molecule has 1 aliphatic heterocycles. The third-order valence-corrected chi connectivity index (χ3v) is 4.95. The topological polar surface area (TPSA) is 87.7 Å². The molecule has 0 saturated carbocycles. The Kier molecular flexibility index (Phi) is 6.84. The van der Waals surface area contributed by atoms with E-state index in [1.54, 1.807) is 60.5 Å². The van der Waals surface area contributed by atoms with Crippen molar-refractivity contribution in [3.8, 4) is 5.75 Å². The fourth-order valence-electron chi connectivity index (χ4n) is 3.27. The molecule has 7 nitrogen and oxygen atoms in total. The first kappa shape index (κ1) is 20.4. The van der Waals surface area contributed by atoms with Crippen molar-refractivity contribution < 1.29 is 19.1 Å². The summed E-state index contributed by atoms with van der Waals surface area (Å²) in [5.74, 6) is 0.102. The molecule has 7 heteroatoms. The van der Waals surface area contributed by atoms with Gasteiger partial charge in [-0.25, -0.2) is 0 Å². The second-order valence-corrected chi connectivity index (χ2v) is 6.91. The zero-order valence-electron chi connectivity index (χ0n) is 16.4. The molecule has 1 heterocycles. The third kappa shape index (κ3) is 5.57. The molecule has 1 fully saturated rings. The molecular formula is C22H25N3O4. The van der Waals surface area contributed by atoms with Crippen LogP contribution < -0.4 is 15.4 Å². The number of ether oxygens (including phenoxy) is 1. The molecule has 1 aliphatic rings. The van der Waals surface area contributed by atoms with Crippen LogP contribution in [-0.2, 0) is 4.79 Å². The monoisotopic (exact) mass is 395 g/mol. The minimum Gasteiger partial charge on any atom is -0.497 e. The number of hydrogen-bond donors (Lipinski definition) is 2. The van der Waals surface area contributed by atoms with Crippen LogP contribution in [0.1, 0.15) is 33.6 Å². The van der Waals surface area contributed by atoms with E-state index in [2.05, 4.69) is 10.6 Å². The van der Waals surface area contributed by atoms with E-state index in [9.17, 15) is 14.4 Å². The van der Waals surface area contributed by atoms with Gasteiger partial charge in [-0.3, -0.25) is 14.4 Å². The van der Waals surface area contributed by atoms with Crippen molar-refractivity contribution in [2.75, 3.05) is 26.7 Å². The van der Waals surface area contributed by atoms with E-state index in [0.717, 1.165) is 0 Å². The molecule has 3 amide bonds. The average molecular weight is 395 g/mol. The Bertz CT molecular complexity index is 861. The number of carbonyl (C=O) groups excluding carboxylic acids is 3. The van der Waals surface area contributed by atoms with E-state index in [1.807, 2.05) is 6.07 Å². The summed E-state index contributed by atoms with van der Waals surface area (Å²) in [6.45, 7) is 1.06. The Morgan fingerprint density at radius 1 is 0.966 bits per heavy atom. The number of piperidine rings is 1. The highest BCUT2D eigenvalue weighted by Crippen LogP contribution is 2.15. The van der Waals surface area contributed by atoms with Gasteiger partial charge in [0.2, 0.25) is 5.91 Å². The van der Waals surface area contributed by atoms with Crippen LogP contribution in [0.25, 0.3) is 0 Å². The maximum absolute atomic E-state index is 12.4. The van der Waals surface area contributed by atoms with Crippen molar-refractivity contribution in [3.63, 3.8) is 0 Å². The SMILES string of the molecule is COc1cccc(C(=O)NC2CCN(C(=O)CNC(=O)c3ccccc3)CC2)c1. The van der Waals surface area contributed by atoms with Gasteiger partial charge in [0.25, 0.3) is 11.8 Å². The van der Waals surface area contributed by atoms with Crippen LogP contribution in [-0.4, -0.2) is 55.4 Å². The van der Waals surface area contributed by atoms with Crippen LogP contribution in [0, 0.1) is 0 Å². The molecule has 0 bridgehead atoms. The highest BCUT2D eigenvalue weighted by molar-refractivity contribution is 5.96. The fourth-order valence-corrected chi connectivity index (χ4v) is 3.27. The minimum atomic E-state index is -0.264. The largest absolute Gasteiger partial charge is 0.497 e. The lowest BCUT2D eigenvalue weighted by Crippen LogP contribution is -2.49. The molecule has 29 heavy (non-hydrogen) atoms. The molecular weight excluding hydrogens is 370 g/mol. The summed E-state index contributed by atoms with van der Waals surface area (Å²) in [5.41, 5.74) is 1.07. The standard InChI is InChI=1S/C22H25N3O4/c1-29-19-9-5-8-17(14-19)22(28)24-18-10-12-25(13-11-18)20(26)15-23-21(27)16-6-3-2-4-7-16/h2-9,14,18H,10-13,15H2,1H3,(H,23,27)(H,24,28). The molecule has 3 rings (SSSR count). The van der Waals surface area contributed by atoms with Gasteiger partial charge in [-0.05, 0) is 43.2 Å². The second-order valence-electron chi connectivity index (χ2n) is 6.91. The van der Waals surface area contributed by atoms with Crippen molar-refractivity contribution in [1.29, 1.82) is 0 Å². The number of amides is 3. The van der Waals surface area contributed by atoms with Gasteiger partial charge in [0.1, 0.15) is 5.75 Å². The molecule has 0 atom stereocenters. The number of nitrogens with zero attached hydrogens (tertiary/aromatic N) is 1. The van der Waals surface area contributed by atoms with Crippen LogP contribution in [0.3, 0.4) is 0 Å². The molecule has 0 radical (unpaired) electrons. The van der Waals surface area contributed by atoms with Crippen molar-refractivity contribution >= 4 is 17.7 Å². The van der Waals surface area contributed by atoms with E-state index < -0.39 is 0 Å². The lowest BCUT2D eigenvalue weighted by molar-refractivity contribution is -0.131. The first-order chi connectivity index (χ1) is 14.1. The highest BCUT2D eigenvalue weighted by Gasteiger charge is 2.24. The third-order valence-electron chi connectivity index (χ3n) is 4.95. The Balaban J connectivity index is 1.43. The Hall–Kier alpha value is -3.35. The van der Waals surface area contributed by atoms with E-state index in [4.69, 9.17) is 4.74 Å². The zero-order chi connectivity index (χ0) is 20.6. The summed E-state index contributed by atoms with van der Waals surface area (Å²) in [6, 6.07) is 15.8. The molecule has 0 aliphatic carbocycles. The van der Waals surface area contributed by atoms with Gasteiger partial charge < -0.3 is 20.3 Å². The maximum Gasteiger partial charge on any atom is 0.251 e. The van der Waals surface area contributed by atoms with Gasteiger partial charge in [-0.1, -0.05) is 24.3 Å². The van der Waals surface area contributed by atoms with Gasteiger partial charge in [0.05, 0.1) is 13.7 Å². The maximum atomic E-state index is 12.4. The smallest absolute Gasteiger partial charge is 0.251 e. The van der Waals surface area contributed by atoms with E-state index >= 15 is 0 Å². The molecule has 0 spiro atoms. The minimum absolute atomic E-state index is 0.0108. The van der Waals surface area contributed by atoms with Crippen LogP contribution in [0.5, 0.6) is 5.75 Å². The van der Waals surface area contributed by atoms with Gasteiger partial charge in [0, 0.05) is 30.3 Å². The van der Waals surface area contributed by atoms with Crippen LogP contribution in [0.2, 0.25) is 0 Å². The predicted octanol–water partition coefficient (Wildman–Crippen LogP) is 1.85. The zero-order valence-corrected chi connectivity index (χ0v) is 16.4. The molecule has 2 aromatic carbocycles. The van der Waals surface area contributed by atoms with Gasteiger partial charge in [-0.15, -0.1) is 0 Å². The van der Waals surface area contributed by atoms with Crippen LogP contribution in [0.15, 0.2) is 54.6 Å². The summed E-state index contributed by atoms with van der Waals surface area (Å²) >= 11 is 0.